The van der Waals surface area contributed by atoms with E-state index >= 15 is 0 Å². The van der Waals surface area contributed by atoms with Crippen LogP contribution in [0.3, 0.4) is 0 Å². The van der Waals surface area contributed by atoms with Gasteiger partial charge in [0.05, 0.1) is 5.69 Å². The monoisotopic (exact) mass is 213 g/mol. The van der Waals surface area contributed by atoms with Crippen molar-refractivity contribution in [1.82, 2.24) is 0 Å². The van der Waals surface area contributed by atoms with Crippen LogP contribution in [0.4, 0.5) is 5.69 Å². The molecule has 0 heterocycles. The molecule has 0 amide bonds. The molecule has 0 bridgehead atoms. The fraction of sp³-hybridized carbons (Fsp3) is 0.300. The zero-order valence-corrected chi connectivity index (χ0v) is 9.41. The molecule has 0 aliphatic rings. The number of carbonyl (C=O) groups excluding carboxylic acids is 1. The van der Waals surface area contributed by atoms with Gasteiger partial charge < -0.3 is 9.41 Å². The lowest BCUT2D eigenvalue weighted by Gasteiger charge is -2.16. The molecular weight excluding hydrogens is 198 g/mol. The van der Waals surface area contributed by atoms with Crippen LogP contribution < -0.4 is 4.31 Å². The summed E-state index contributed by atoms with van der Waals surface area (Å²) >= 11 is 1.58. The number of para-hydroxylation sites is 1. The SMILES string of the molecule is CO.CSN(C)c1ccccc1C=O. The number of benzene rings is 1. The molecule has 0 aliphatic heterocycles. The van der Waals surface area contributed by atoms with Gasteiger partial charge in [0.25, 0.3) is 0 Å². The third-order valence-electron chi connectivity index (χ3n) is 1.68. The van der Waals surface area contributed by atoms with Crippen molar-refractivity contribution in [3.8, 4) is 0 Å². The summed E-state index contributed by atoms with van der Waals surface area (Å²) in [5, 5.41) is 7.00. The summed E-state index contributed by atoms with van der Waals surface area (Å²) in [5.41, 5.74) is 1.69. The van der Waals surface area contributed by atoms with Crippen molar-refractivity contribution in [2.75, 3.05) is 24.7 Å². The molecule has 1 aromatic rings. The maximum Gasteiger partial charge on any atom is 0.152 e. The molecule has 0 radical (unpaired) electrons. The number of rotatable bonds is 3. The number of carbonyl (C=O) groups is 1. The molecule has 14 heavy (non-hydrogen) atoms. The fourth-order valence-electron chi connectivity index (χ4n) is 0.972. The Labute approximate surface area is 88.9 Å². The summed E-state index contributed by atoms with van der Waals surface area (Å²) in [6, 6.07) is 7.53. The van der Waals surface area contributed by atoms with Crippen molar-refractivity contribution < 1.29 is 9.90 Å². The van der Waals surface area contributed by atoms with Crippen molar-refractivity contribution in [2.24, 2.45) is 0 Å². The Morgan fingerprint density at radius 3 is 2.43 bits per heavy atom. The molecule has 0 atom stereocenters. The van der Waals surface area contributed by atoms with E-state index in [2.05, 4.69) is 0 Å². The average molecular weight is 213 g/mol. The number of aldehydes is 1. The Hall–Kier alpha value is -1.00. The largest absolute Gasteiger partial charge is 0.400 e. The summed E-state index contributed by atoms with van der Waals surface area (Å²) in [6.07, 6.45) is 2.85. The molecule has 0 saturated heterocycles. The minimum absolute atomic E-state index is 0.731. The van der Waals surface area contributed by atoms with Crippen LogP contribution >= 0.6 is 11.9 Å². The molecule has 0 aliphatic carbocycles. The minimum Gasteiger partial charge on any atom is -0.400 e. The quantitative estimate of drug-likeness (QED) is 0.614. The zero-order valence-electron chi connectivity index (χ0n) is 8.60. The first-order chi connectivity index (χ1) is 6.79. The van der Waals surface area contributed by atoms with E-state index in [9.17, 15) is 4.79 Å². The molecule has 4 heteroatoms. The van der Waals surface area contributed by atoms with Crippen LogP contribution in [0.1, 0.15) is 10.4 Å². The molecule has 0 spiro atoms. The summed E-state index contributed by atoms with van der Waals surface area (Å²) in [7, 11) is 2.94. The zero-order chi connectivity index (χ0) is 11.0. The van der Waals surface area contributed by atoms with Crippen LogP contribution in [0.15, 0.2) is 24.3 Å². The number of anilines is 1. The van der Waals surface area contributed by atoms with Crippen LogP contribution in [0, 0.1) is 0 Å². The van der Waals surface area contributed by atoms with Crippen molar-refractivity contribution >= 4 is 23.9 Å². The van der Waals surface area contributed by atoms with Crippen LogP contribution in [0.2, 0.25) is 0 Å². The second-order valence-electron chi connectivity index (χ2n) is 2.36. The van der Waals surface area contributed by atoms with Gasteiger partial charge in [-0.1, -0.05) is 24.1 Å². The Morgan fingerprint density at radius 2 is 1.93 bits per heavy atom. The molecule has 0 fully saturated rings. The van der Waals surface area contributed by atoms with Gasteiger partial charge in [0.1, 0.15) is 0 Å². The predicted octanol–water partition coefficient (Wildman–Crippen LogP) is 1.82. The van der Waals surface area contributed by atoms with E-state index in [4.69, 9.17) is 5.11 Å². The molecule has 1 N–H and O–H groups in total. The predicted molar refractivity (Wildman–Crippen MR) is 61.9 cm³/mol. The molecule has 0 aromatic heterocycles. The van der Waals surface area contributed by atoms with Crippen molar-refractivity contribution in [3.63, 3.8) is 0 Å². The van der Waals surface area contributed by atoms with E-state index in [0.29, 0.717) is 0 Å². The Kier molecular flexibility index (Phi) is 6.88. The van der Waals surface area contributed by atoms with Crippen molar-refractivity contribution in [2.45, 2.75) is 0 Å². The van der Waals surface area contributed by atoms with Gasteiger partial charge in [0, 0.05) is 26.0 Å². The number of nitrogens with zero attached hydrogens (tertiary/aromatic N) is 1. The highest BCUT2D eigenvalue weighted by Gasteiger charge is 2.03. The highest BCUT2D eigenvalue weighted by Crippen LogP contribution is 2.21. The molecule has 1 rings (SSSR count). The van der Waals surface area contributed by atoms with E-state index in [-0.39, 0.29) is 0 Å². The smallest absolute Gasteiger partial charge is 0.152 e. The van der Waals surface area contributed by atoms with Gasteiger partial charge in [-0.2, -0.15) is 0 Å². The van der Waals surface area contributed by atoms with E-state index in [1.807, 2.05) is 41.9 Å². The summed E-state index contributed by atoms with van der Waals surface area (Å²) in [4.78, 5) is 10.6. The Bertz CT molecular complexity index is 279. The minimum atomic E-state index is 0.731. The van der Waals surface area contributed by atoms with Gasteiger partial charge in [0.2, 0.25) is 0 Å². The standard InChI is InChI=1S/C9H11NOS.CH4O/c1-10(12-2)9-6-4-3-5-8(9)7-11;1-2/h3-7H,1-2H3;2H,1H3. The normalized spacial score (nSPS) is 8.57. The van der Waals surface area contributed by atoms with Gasteiger partial charge in [-0.05, 0) is 12.1 Å². The lowest BCUT2D eigenvalue weighted by Crippen LogP contribution is -2.07. The van der Waals surface area contributed by atoms with E-state index < -0.39 is 0 Å². The average Bonchev–Trinajstić information content (AvgIpc) is 2.30. The van der Waals surface area contributed by atoms with Gasteiger partial charge in [-0.15, -0.1) is 0 Å². The summed E-state index contributed by atoms with van der Waals surface area (Å²) in [5.74, 6) is 0. The van der Waals surface area contributed by atoms with Gasteiger partial charge in [0.15, 0.2) is 6.29 Å². The molecule has 78 valence electrons. The van der Waals surface area contributed by atoms with E-state index in [0.717, 1.165) is 24.6 Å². The molecule has 0 saturated carbocycles. The molecule has 1 aromatic carbocycles. The fourth-order valence-corrected chi connectivity index (χ4v) is 1.34. The summed E-state index contributed by atoms with van der Waals surface area (Å²) in [6.45, 7) is 0. The first-order valence-corrected chi connectivity index (χ1v) is 5.24. The van der Waals surface area contributed by atoms with E-state index in [1.165, 1.54) is 0 Å². The Balaban J connectivity index is 0.000000791. The molecular formula is C10H15NO2S. The van der Waals surface area contributed by atoms with Crippen LogP contribution in [-0.2, 0) is 0 Å². The van der Waals surface area contributed by atoms with E-state index in [1.54, 1.807) is 11.9 Å². The highest BCUT2D eigenvalue weighted by molar-refractivity contribution is 7.99. The molecule has 0 unspecified atom stereocenters. The first-order valence-electron chi connectivity index (χ1n) is 4.06. The number of hydrogen-bond acceptors (Lipinski definition) is 4. The van der Waals surface area contributed by atoms with Crippen molar-refractivity contribution in [3.05, 3.63) is 29.8 Å². The third kappa shape index (κ3) is 3.40. The Morgan fingerprint density at radius 1 is 1.36 bits per heavy atom. The number of aliphatic hydroxyl groups is 1. The maximum absolute atomic E-state index is 10.6. The first kappa shape index (κ1) is 13.0. The van der Waals surface area contributed by atoms with Gasteiger partial charge in [-0.3, -0.25) is 4.79 Å². The topological polar surface area (TPSA) is 40.5 Å². The number of aliphatic hydroxyl groups excluding tert-OH is 1. The molecule has 3 nitrogen and oxygen atoms in total. The van der Waals surface area contributed by atoms with Crippen molar-refractivity contribution in [1.29, 1.82) is 0 Å². The van der Waals surface area contributed by atoms with Crippen LogP contribution in [0.25, 0.3) is 0 Å². The number of hydrogen-bond donors (Lipinski definition) is 1. The lowest BCUT2D eigenvalue weighted by atomic mass is 10.2. The van der Waals surface area contributed by atoms with Crippen LogP contribution in [0.5, 0.6) is 0 Å². The lowest BCUT2D eigenvalue weighted by molar-refractivity contribution is 0.112. The van der Waals surface area contributed by atoms with Gasteiger partial charge in [-0.25, -0.2) is 0 Å². The maximum atomic E-state index is 10.6. The van der Waals surface area contributed by atoms with Crippen LogP contribution in [-0.4, -0.2) is 31.8 Å². The van der Waals surface area contributed by atoms with Gasteiger partial charge >= 0.3 is 0 Å². The second kappa shape index (κ2) is 7.41. The summed E-state index contributed by atoms with van der Waals surface area (Å²) < 4.78 is 1.96. The second-order valence-corrected chi connectivity index (χ2v) is 3.27. The highest BCUT2D eigenvalue weighted by atomic mass is 32.2. The third-order valence-corrected chi connectivity index (χ3v) is 2.42.